The lowest BCUT2D eigenvalue weighted by Crippen LogP contribution is -2.28. The van der Waals surface area contributed by atoms with E-state index in [2.05, 4.69) is 22.0 Å². The minimum Gasteiger partial charge on any atom is -0.422 e. The number of allylic oxidation sites excluding steroid dienone is 1. The van der Waals surface area contributed by atoms with Gasteiger partial charge in [-0.1, -0.05) is 51.5 Å². The molecule has 0 radical (unpaired) electrons. The van der Waals surface area contributed by atoms with Crippen molar-refractivity contribution in [2.45, 2.75) is 25.3 Å². The van der Waals surface area contributed by atoms with Crippen molar-refractivity contribution >= 4 is 55.2 Å². The fraction of sp³-hybridized carbons (Fsp3) is 0.156. The Morgan fingerprint density at radius 3 is 2.54 bits per heavy atom. The van der Waals surface area contributed by atoms with Gasteiger partial charge in [0.2, 0.25) is 5.13 Å². The highest BCUT2D eigenvalue weighted by atomic mass is 79.9. The molecule has 1 aliphatic carbocycles. The van der Waals surface area contributed by atoms with Crippen LogP contribution in [0.5, 0.6) is 0 Å². The SMILES string of the molecule is O=c1oc2ccc(Br)cc2cc1-c1cnc(N2N=C3C(=Cc4ccc(F)cc4)CCCC3C2c2ccc(F)cc2)s1. The molecule has 1 saturated carbocycles. The third-order valence-corrected chi connectivity index (χ3v) is 9.09. The first-order chi connectivity index (χ1) is 19.9. The zero-order valence-electron chi connectivity index (χ0n) is 21.6. The Labute approximate surface area is 246 Å². The summed E-state index contributed by atoms with van der Waals surface area (Å²) < 4.78 is 33.9. The van der Waals surface area contributed by atoms with E-state index in [1.54, 1.807) is 36.5 Å². The number of benzene rings is 3. The molecule has 2 aliphatic rings. The molecule has 204 valence electrons. The van der Waals surface area contributed by atoms with Crippen LogP contribution in [0.1, 0.15) is 36.4 Å². The molecule has 0 bridgehead atoms. The largest absolute Gasteiger partial charge is 0.422 e. The van der Waals surface area contributed by atoms with Crippen molar-refractivity contribution in [2.75, 3.05) is 5.01 Å². The Hall–Kier alpha value is -3.95. The van der Waals surface area contributed by atoms with Crippen LogP contribution in [-0.4, -0.2) is 10.7 Å². The van der Waals surface area contributed by atoms with Gasteiger partial charge in [0.1, 0.15) is 17.2 Å². The molecule has 1 fully saturated rings. The topological polar surface area (TPSA) is 58.7 Å². The summed E-state index contributed by atoms with van der Waals surface area (Å²) in [5, 5.41) is 8.44. The monoisotopic (exact) mass is 629 g/mol. The lowest BCUT2D eigenvalue weighted by Gasteiger charge is -2.29. The number of hydrogen-bond acceptors (Lipinski definition) is 6. The third-order valence-electron chi connectivity index (χ3n) is 7.57. The predicted molar refractivity (Wildman–Crippen MR) is 162 cm³/mol. The number of fused-ring (bicyclic) bond motifs is 2. The highest BCUT2D eigenvalue weighted by Gasteiger charge is 2.43. The lowest BCUT2D eigenvalue weighted by atomic mass is 9.77. The quantitative estimate of drug-likeness (QED) is 0.186. The maximum absolute atomic E-state index is 13.9. The van der Waals surface area contributed by atoms with Crippen molar-refractivity contribution in [3.8, 4) is 10.4 Å². The van der Waals surface area contributed by atoms with Crippen molar-refractivity contribution in [3.05, 3.63) is 122 Å². The van der Waals surface area contributed by atoms with Crippen LogP contribution in [0.2, 0.25) is 0 Å². The molecule has 0 amide bonds. The van der Waals surface area contributed by atoms with E-state index in [1.807, 2.05) is 23.2 Å². The standard InChI is InChI=1S/C32H22BrF2N3O2S/c33-22-8-13-27-21(15-22)16-26(31(39)40-27)28-17-36-32(41-28)38-30(19-6-11-24(35)12-7-19)25-3-1-2-20(29(25)37-38)14-18-4-9-23(34)10-5-18/h4-17,25,30H,1-3H2. The molecule has 5 nitrogen and oxygen atoms in total. The van der Waals surface area contributed by atoms with E-state index in [4.69, 9.17) is 14.5 Å². The minimum absolute atomic E-state index is 0.0661. The van der Waals surface area contributed by atoms with Crippen LogP contribution in [0.3, 0.4) is 0 Å². The van der Waals surface area contributed by atoms with Gasteiger partial charge >= 0.3 is 5.63 Å². The third kappa shape index (κ3) is 4.93. The van der Waals surface area contributed by atoms with E-state index in [1.165, 1.54) is 35.6 Å². The van der Waals surface area contributed by atoms with Gasteiger partial charge in [0.25, 0.3) is 0 Å². The van der Waals surface area contributed by atoms with Crippen molar-refractivity contribution in [2.24, 2.45) is 11.0 Å². The summed E-state index contributed by atoms with van der Waals surface area (Å²) in [4.78, 5) is 18.3. The fourth-order valence-corrected chi connectivity index (χ4v) is 6.96. The molecule has 7 rings (SSSR count). The number of anilines is 1. The predicted octanol–water partition coefficient (Wildman–Crippen LogP) is 8.76. The Morgan fingerprint density at radius 1 is 1.00 bits per heavy atom. The summed E-state index contributed by atoms with van der Waals surface area (Å²) in [6.07, 6.45) is 6.49. The molecule has 0 N–H and O–H groups in total. The molecular formula is C32H22BrF2N3O2S. The van der Waals surface area contributed by atoms with Gasteiger partial charge in [-0.25, -0.2) is 23.6 Å². The summed E-state index contributed by atoms with van der Waals surface area (Å²) >= 11 is 4.84. The van der Waals surface area contributed by atoms with Crippen molar-refractivity contribution in [3.63, 3.8) is 0 Å². The molecule has 0 spiro atoms. The number of thiazole rings is 1. The minimum atomic E-state index is -0.434. The first-order valence-corrected chi connectivity index (χ1v) is 14.8. The lowest BCUT2D eigenvalue weighted by molar-refractivity contribution is 0.486. The van der Waals surface area contributed by atoms with E-state index in [9.17, 15) is 13.6 Å². The maximum Gasteiger partial charge on any atom is 0.345 e. The fourth-order valence-electron chi connectivity index (χ4n) is 5.67. The van der Waals surface area contributed by atoms with Gasteiger partial charge in [0, 0.05) is 22.0 Å². The second-order valence-electron chi connectivity index (χ2n) is 10.2. The molecule has 2 aromatic heterocycles. The highest BCUT2D eigenvalue weighted by Crippen LogP contribution is 2.47. The number of halogens is 3. The van der Waals surface area contributed by atoms with Crippen LogP contribution in [0.25, 0.3) is 27.5 Å². The van der Waals surface area contributed by atoms with Gasteiger partial charge in [-0.15, -0.1) is 0 Å². The van der Waals surface area contributed by atoms with Gasteiger partial charge in [0.15, 0.2) is 0 Å². The average molecular weight is 631 g/mol. The Kier molecular flexibility index (Phi) is 6.63. The zero-order valence-corrected chi connectivity index (χ0v) is 24.0. The second kappa shape index (κ2) is 10.5. The molecule has 0 saturated heterocycles. The molecule has 5 aromatic rings. The summed E-state index contributed by atoms with van der Waals surface area (Å²) in [6.45, 7) is 0. The van der Waals surface area contributed by atoms with Crippen LogP contribution in [0.4, 0.5) is 13.9 Å². The molecule has 2 unspecified atom stereocenters. The normalized spacial score (nSPS) is 19.5. The Morgan fingerprint density at radius 2 is 1.76 bits per heavy atom. The number of hydrazone groups is 1. The first kappa shape index (κ1) is 26.0. The molecular weight excluding hydrogens is 608 g/mol. The number of aromatic nitrogens is 1. The van der Waals surface area contributed by atoms with Gasteiger partial charge in [0.05, 0.1) is 22.2 Å². The highest BCUT2D eigenvalue weighted by molar-refractivity contribution is 9.10. The average Bonchev–Trinajstić information content (AvgIpc) is 3.61. The smallest absolute Gasteiger partial charge is 0.345 e. The Bertz CT molecular complexity index is 1900. The summed E-state index contributed by atoms with van der Waals surface area (Å²) in [7, 11) is 0. The molecule has 3 heterocycles. The van der Waals surface area contributed by atoms with Crippen LogP contribution in [-0.2, 0) is 0 Å². The molecule has 41 heavy (non-hydrogen) atoms. The van der Waals surface area contributed by atoms with Crippen molar-refractivity contribution < 1.29 is 13.2 Å². The van der Waals surface area contributed by atoms with Gasteiger partial charge < -0.3 is 4.42 Å². The van der Waals surface area contributed by atoms with E-state index in [0.717, 1.165) is 51.5 Å². The van der Waals surface area contributed by atoms with Gasteiger partial charge in [-0.2, -0.15) is 5.10 Å². The molecule has 2 atom stereocenters. The van der Waals surface area contributed by atoms with E-state index in [-0.39, 0.29) is 23.6 Å². The molecule has 1 aliphatic heterocycles. The van der Waals surface area contributed by atoms with Crippen molar-refractivity contribution in [1.82, 2.24) is 4.98 Å². The number of hydrogen-bond donors (Lipinski definition) is 0. The van der Waals surface area contributed by atoms with Crippen LogP contribution >= 0.6 is 27.3 Å². The Balaban J connectivity index is 1.31. The zero-order chi connectivity index (χ0) is 28.1. The first-order valence-electron chi connectivity index (χ1n) is 13.2. The summed E-state index contributed by atoms with van der Waals surface area (Å²) in [5.41, 5.74) is 4.41. The van der Waals surface area contributed by atoms with Crippen LogP contribution in [0, 0.1) is 17.6 Å². The summed E-state index contributed by atoms with van der Waals surface area (Å²) in [6, 6.07) is 20.1. The number of nitrogens with zero attached hydrogens (tertiary/aromatic N) is 3. The van der Waals surface area contributed by atoms with E-state index < -0.39 is 5.63 Å². The maximum atomic E-state index is 13.9. The van der Waals surface area contributed by atoms with Crippen LogP contribution in [0.15, 0.2) is 103 Å². The van der Waals surface area contributed by atoms with Crippen molar-refractivity contribution in [1.29, 1.82) is 0 Å². The van der Waals surface area contributed by atoms with E-state index in [0.29, 0.717) is 21.2 Å². The van der Waals surface area contributed by atoms with Crippen LogP contribution < -0.4 is 10.6 Å². The molecule has 9 heteroatoms. The van der Waals surface area contributed by atoms with Gasteiger partial charge in [-0.3, -0.25) is 0 Å². The number of rotatable bonds is 4. The second-order valence-corrected chi connectivity index (χ2v) is 12.1. The van der Waals surface area contributed by atoms with E-state index >= 15 is 0 Å². The summed E-state index contributed by atoms with van der Waals surface area (Å²) in [5.74, 6) is -0.510. The molecule has 3 aromatic carbocycles. The van der Waals surface area contributed by atoms with Gasteiger partial charge in [-0.05, 0) is 90.6 Å².